The van der Waals surface area contributed by atoms with Crippen molar-refractivity contribution in [2.75, 3.05) is 13.2 Å². The number of hydrogen-bond acceptors (Lipinski definition) is 3. The van der Waals surface area contributed by atoms with Gasteiger partial charge < -0.3 is 14.7 Å². The van der Waals surface area contributed by atoms with E-state index in [4.69, 9.17) is 0 Å². The van der Waals surface area contributed by atoms with Gasteiger partial charge in [0.1, 0.15) is 19.3 Å². The third-order valence-electron chi connectivity index (χ3n) is 4.15. The Morgan fingerprint density at radius 3 is 2.52 bits per heavy atom. The molecule has 0 aromatic heterocycles. The fraction of sp³-hybridized carbons (Fsp3) is 0.846. The highest BCUT2D eigenvalue weighted by Crippen LogP contribution is 2.39. The molecular weight excluding hydrogens is 291 g/mol. The number of nitrogens with zero attached hydrogens (tertiary/aromatic N) is 1. The number of amides is 1. The van der Waals surface area contributed by atoms with Crippen LogP contribution < -0.4 is 0 Å². The molecule has 1 saturated carbocycles. The zero-order valence-electron chi connectivity index (χ0n) is 11.4. The number of alkyl halides is 3. The van der Waals surface area contributed by atoms with E-state index in [2.05, 4.69) is 4.74 Å². The minimum atomic E-state index is -4.50. The van der Waals surface area contributed by atoms with Crippen molar-refractivity contribution in [3.05, 3.63) is 0 Å². The van der Waals surface area contributed by atoms with Gasteiger partial charge in [0.15, 0.2) is 0 Å². The molecule has 1 heterocycles. The van der Waals surface area contributed by atoms with Crippen molar-refractivity contribution in [2.45, 2.75) is 50.4 Å². The normalized spacial score (nSPS) is 29.3. The number of rotatable bonds is 4. The Labute approximate surface area is 120 Å². The summed E-state index contributed by atoms with van der Waals surface area (Å²) in [6.45, 7) is -2.23. The number of carbonyl (C=O) groups excluding carboxylic acids is 1. The molecule has 1 amide bonds. The fourth-order valence-corrected chi connectivity index (χ4v) is 3.37. The van der Waals surface area contributed by atoms with Crippen molar-refractivity contribution in [3.8, 4) is 0 Å². The predicted molar refractivity (Wildman–Crippen MR) is 65.5 cm³/mol. The molecule has 0 aromatic rings. The number of hydrogen-bond donors (Lipinski definition) is 1. The minimum Gasteiger partial charge on any atom is -0.480 e. The first-order valence-electron chi connectivity index (χ1n) is 6.98. The number of carboxylic acids is 1. The number of likely N-dealkylation sites (tertiary alicyclic amines) is 1. The van der Waals surface area contributed by atoms with Crippen LogP contribution in [0.3, 0.4) is 0 Å². The maximum atomic E-state index is 12.1. The Bertz CT molecular complexity index is 413. The van der Waals surface area contributed by atoms with Gasteiger partial charge in [0.2, 0.25) is 5.91 Å². The molecule has 1 aliphatic heterocycles. The number of fused-ring (bicyclic) bond motifs is 1. The first-order valence-corrected chi connectivity index (χ1v) is 6.98. The highest BCUT2D eigenvalue weighted by molar-refractivity contribution is 5.85. The van der Waals surface area contributed by atoms with E-state index in [-0.39, 0.29) is 12.0 Å². The lowest BCUT2D eigenvalue weighted by atomic mass is 9.85. The SMILES string of the molecule is O=C(O)[C@@H]1C[C@@H]2CCCC[C@H]2N1C(=O)COCC(F)(F)F. The molecular formula is C13H18F3NO4. The zero-order valence-corrected chi connectivity index (χ0v) is 11.4. The van der Waals surface area contributed by atoms with Crippen LogP contribution in [0.5, 0.6) is 0 Å². The summed E-state index contributed by atoms with van der Waals surface area (Å²) in [6.07, 6.45) is -0.641. The van der Waals surface area contributed by atoms with Crippen LogP contribution in [0.1, 0.15) is 32.1 Å². The first-order chi connectivity index (χ1) is 9.79. The molecule has 1 N–H and O–H groups in total. The summed E-state index contributed by atoms with van der Waals surface area (Å²) >= 11 is 0. The summed E-state index contributed by atoms with van der Waals surface area (Å²) in [7, 11) is 0. The monoisotopic (exact) mass is 309 g/mol. The Balaban J connectivity index is 2.00. The smallest absolute Gasteiger partial charge is 0.411 e. The molecule has 120 valence electrons. The van der Waals surface area contributed by atoms with Crippen molar-refractivity contribution < 1.29 is 32.6 Å². The number of carboxylic acid groups (broad SMARTS) is 1. The Morgan fingerprint density at radius 2 is 1.90 bits per heavy atom. The number of carbonyl (C=O) groups is 2. The highest BCUT2D eigenvalue weighted by Gasteiger charge is 2.47. The molecule has 2 aliphatic rings. The van der Waals surface area contributed by atoms with Gasteiger partial charge in [-0.25, -0.2) is 4.79 Å². The lowest BCUT2D eigenvalue weighted by molar-refractivity contribution is -0.179. The molecule has 3 atom stereocenters. The van der Waals surface area contributed by atoms with Gasteiger partial charge >= 0.3 is 12.1 Å². The minimum absolute atomic E-state index is 0.131. The van der Waals surface area contributed by atoms with E-state index in [0.29, 0.717) is 12.8 Å². The van der Waals surface area contributed by atoms with Gasteiger partial charge in [-0.3, -0.25) is 4.79 Å². The molecule has 0 spiro atoms. The summed E-state index contributed by atoms with van der Waals surface area (Å²) in [5.74, 6) is -1.64. The lowest BCUT2D eigenvalue weighted by Crippen LogP contribution is -2.47. The number of aliphatic carboxylic acids is 1. The molecule has 8 heteroatoms. The third kappa shape index (κ3) is 3.87. The van der Waals surface area contributed by atoms with Crippen molar-refractivity contribution in [3.63, 3.8) is 0 Å². The first kappa shape index (κ1) is 16.1. The number of halogens is 3. The van der Waals surface area contributed by atoms with Crippen molar-refractivity contribution >= 4 is 11.9 Å². The number of ether oxygens (including phenoxy) is 1. The van der Waals surface area contributed by atoms with Crippen molar-refractivity contribution in [2.24, 2.45) is 5.92 Å². The molecule has 5 nitrogen and oxygen atoms in total. The summed E-state index contributed by atoms with van der Waals surface area (Å²) in [6, 6.07) is -1.12. The second-order valence-electron chi connectivity index (χ2n) is 5.61. The summed E-state index contributed by atoms with van der Waals surface area (Å²) in [5.41, 5.74) is 0. The molecule has 1 saturated heterocycles. The molecule has 1 aliphatic carbocycles. The maximum absolute atomic E-state index is 12.1. The standard InChI is InChI=1S/C13H18F3NO4/c14-13(15,16)7-21-6-11(18)17-9-4-2-1-3-8(9)5-10(17)12(19)20/h8-10H,1-7H2,(H,19,20)/t8-,9+,10-/m0/s1. The average molecular weight is 309 g/mol. The largest absolute Gasteiger partial charge is 0.480 e. The van der Waals surface area contributed by atoms with Gasteiger partial charge in [-0.05, 0) is 25.2 Å². The van der Waals surface area contributed by atoms with Gasteiger partial charge in [-0.15, -0.1) is 0 Å². The van der Waals surface area contributed by atoms with Gasteiger partial charge in [-0.1, -0.05) is 12.8 Å². The van der Waals surface area contributed by atoms with Gasteiger partial charge in [0, 0.05) is 6.04 Å². The van der Waals surface area contributed by atoms with Crippen LogP contribution in [0.4, 0.5) is 13.2 Å². The lowest BCUT2D eigenvalue weighted by Gasteiger charge is -2.32. The summed E-state index contributed by atoms with van der Waals surface area (Å²) in [5, 5.41) is 9.22. The molecule has 0 unspecified atom stereocenters. The third-order valence-corrected chi connectivity index (χ3v) is 4.15. The fourth-order valence-electron chi connectivity index (χ4n) is 3.37. The highest BCUT2D eigenvalue weighted by atomic mass is 19.4. The van der Waals surface area contributed by atoms with Crippen LogP contribution in [0.25, 0.3) is 0 Å². The van der Waals surface area contributed by atoms with E-state index < -0.39 is 37.3 Å². The molecule has 21 heavy (non-hydrogen) atoms. The Morgan fingerprint density at radius 1 is 1.24 bits per heavy atom. The van der Waals surface area contributed by atoms with E-state index in [1.54, 1.807) is 0 Å². The van der Waals surface area contributed by atoms with Crippen molar-refractivity contribution in [1.29, 1.82) is 0 Å². The van der Waals surface area contributed by atoms with Crippen molar-refractivity contribution in [1.82, 2.24) is 4.90 Å². The molecule has 0 aromatic carbocycles. The van der Waals surface area contributed by atoms with Crippen LogP contribution in [-0.4, -0.2) is 53.4 Å². The van der Waals surface area contributed by atoms with Crippen LogP contribution in [0, 0.1) is 5.92 Å². The second kappa shape index (κ2) is 6.21. The topological polar surface area (TPSA) is 66.8 Å². The quantitative estimate of drug-likeness (QED) is 0.860. The van der Waals surface area contributed by atoms with E-state index in [9.17, 15) is 27.9 Å². The second-order valence-corrected chi connectivity index (χ2v) is 5.61. The maximum Gasteiger partial charge on any atom is 0.411 e. The van der Waals surface area contributed by atoms with Gasteiger partial charge in [-0.2, -0.15) is 13.2 Å². The van der Waals surface area contributed by atoms with E-state index in [1.165, 1.54) is 4.90 Å². The molecule has 0 radical (unpaired) electrons. The van der Waals surface area contributed by atoms with Gasteiger partial charge in [0.25, 0.3) is 0 Å². The summed E-state index contributed by atoms with van der Waals surface area (Å²) < 4.78 is 40.4. The van der Waals surface area contributed by atoms with E-state index >= 15 is 0 Å². The van der Waals surface area contributed by atoms with Crippen LogP contribution in [-0.2, 0) is 14.3 Å². The Kier molecular flexibility index (Phi) is 4.75. The van der Waals surface area contributed by atoms with E-state index in [0.717, 1.165) is 19.3 Å². The van der Waals surface area contributed by atoms with Crippen LogP contribution in [0.2, 0.25) is 0 Å². The average Bonchev–Trinajstić information content (AvgIpc) is 2.76. The molecule has 0 bridgehead atoms. The van der Waals surface area contributed by atoms with Crippen LogP contribution >= 0.6 is 0 Å². The Hall–Kier alpha value is -1.31. The molecule has 2 rings (SSSR count). The van der Waals surface area contributed by atoms with E-state index in [1.807, 2.05) is 0 Å². The molecule has 2 fully saturated rings. The predicted octanol–water partition coefficient (Wildman–Crippen LogP) is 1.81. The van der Waals surface area contributed by atoms with Gasteiger partial charge in [0.05, 0.1) is 0 Å². The summed E-state index contributed by atoms with van der Waals surface area (Å²) in [4.78, 5) is 24.6. The van der Waals surface area contributed by atoms with Crippen LogP contribution in [0.15, 0.2) is 0 Å². The zero-order chi connectivity index (χ0) is 15.6.